The Labute approximate surface area is 187 Å². The first kappa shape index (κ1) is 24.7. The lowest BCUT2D eigenvalue weighted by molar-refractivity contribution is 0.443. The van der Waals surface area contributed by atoms with Crippen molar-refractivity contribution in [2.45, 2.75) is 116 Å². The second kappa shape index (κ2) is 17.2. The fourth-order valence-corrected chi connectivity index (χ4v) is 4.62. The minimum atomic E-state index is 0.861. The van der Waals surface area contributed by atoms with E-state index in [-0.39, 0.29) is 0 Å². The van der Waals surface area contributed by atoms with Gasteiger partial charge >= 0.3 is 0 Å². The number of benzene rings is 2. The van der Waals surface area contributed by atoms with Crippen molar-refractivity contribution in [3.63, 3.8) is 0 Å². The van der Waals surface area contributed by atoms with Crippen LogP contribution in [0.25, 0.3) is 0 Å². The van der Waals surface area contributed by atoms with Crippen LogP contribution in [-0.2, 0) is 6.42 Å². The van der Waals surface area contributed by atoms with E-state index >= 15 is 0 Å². The number of hydrogen-bond acceptors (Lipinski definition) is 0. The highest BCUT2D eigenvalue weighted by atomic mass is 14.2. The van der Waals surface area contributed by atoms with Gasteiger partial charge in [-0.2, -0.15) is 0 Å². The van der Waals surface area contributed by atoms with E-state index in [4.69, 9.17) is 0 Å². The normalized spacial score (nSPS) is 14.2. The van der Waals surface area contributed by atoms with E-state index < -0.39 is 0 Å². The summed E-state index contributed by atoms with van der Waals surface area (Å²) >= 11 is 0. The first-order chi connectivity index (χ1) is 14.9. The molecule has 166 valence electrons. The molecule has 0 unspecified atom stereocenters. The van der Waals surface area contributed by atoms with Gasteiger partial charge in [-0.25, -0.2) is 0 Å². The maximum Gasteiger partial charge on any atom is -0.0162 e. The summed E-state index contributed by atoms with van der Waals surface area (Å²) in [5, 5.41) is 0. The van der Waals surface area contributed by atoms with Crippen molar-refractivity contribution in [1.29, 1.82) is 0 Å². The van der Waals surface area contributed by atoms with Crippen LogP contribution >= 0.6 is 0 Å². The van der Waals surface area contributed by atoms with E-state index in [9.17, 15) is 0 Å². The third-order valence-electron chi connectivity index (χ3n) is 6.54. The van der Waals surface area contributed by atoms with Gasteiger partial charge in [-0.15, -0.1) is 0 Å². The summed E-state index contributed by atoms with van der Waals surface area (Å²) in [4.78, 5) is 0. The second-order valence-electron chi connectivity index (χ2n) is 9.16. The fourth-order valence-electron chi connectivity index (χ4n) is 4.62. The summed E-state index contributed by atoms with van der Waals surface area (Å²) in [5.41, 5.74) is 3.05. The minimum Gasteiger partial charge on any atom is -0.0654 e. The molecule has 0 aliphatic heterocycles. The predicted molar refractivity (Wildman–Crippen MR) is 134 cm³/mol. The molecule has 0 nitrogen and oxygen atoms in total. The third-order valence-corrected chi connectivity index (χ3v) is 6.54. The highest BCUT2D eigenvalue weighted by Gasteiger charge is 2.14. The molecular weight excluding hydrogens is 360 g/mol. The van der Waals surface area contributed by atoms with Crippen molar-refractivity contribution in [1.82, 2.24) is 0 Å². The Hall–Kier alpha value is -1.56. The van der Waals surface area contributed by atoms with Crippen LogP contribution < -0.4 is 0 Å². The zero-order valence-electron chi connectivity index (χ0n) is 19.7. The average molecular weight is 407 g/mol. The first-order valence-corrected chi connectivity index (χ1v) is 13.0. The van der Waals surface area contributed by atoms with Crippen molar-refractivity contribution < 1.29 is 0 Å². The largest absolute Gasteiger partial charge is 0.0654 e. The molecule has 1 aliphatic carbocycles. The Morgan fingerprint density at radius 2 is 1.07 bits per heavy atom. The lowest BCUT2D eigenvalue weighted by Gasteiger charge is -2.21. The average Bonchev–Trinajstić information content (AvgIpc) is 2.82. The van der Waals surface area contributed by atoms with Crippen LogP contribution in [0.2, 0.25) is 0 Å². The molecule has 1 aliphatic rings. The predicted octanol–water partition coefficient (Wildman–Crippen LogP) is 9.88. The fraction of sp³-hybridized carbons (Fsp3) is 0.600. The van der Waals surface area contributed by atoms with Gasteiger partial charge in [-0.3, -0.25) is 0 Å². The standard InChI is InChI=1S/C18H30.C12H16/c1-2-3-4-5-6-7-8-9-10-12-15-18-16-13-11-14-17-18;1-3-7-11(8-4-1)12-9-5-2-6-10-12/h11,13-14,16-17H,2-10,12,15H2,1H3;1,3-4,7-8,12H,2,5-6,9-10H2. The van der Waals surface area contributed by atoms with Gasteiger partial charge in [-0.05, 0) is 42.7 Å². The van der Waals surface area contributed by atoms with Crippen LogP contribution in [-0.4, -0.2) is 0 Å². The maximum atomic E-state index is 2.28. The third kappa shape index (κ3) is 11.6. The number of aryl methyl sites for hydroxylation is 1. The van der Waals surface area contributed by atoms with E-state index in [0.717, 1.165) is 5.92 Å². The molecule has 1 saturated carbocycles. The van der Waals surface area contributed by atoms with Crippen LogP contribution in [0.4, 0.5) is 0 Å². The minimum absolute atomic E-state index is 0.861. The van der Waals surface area contributed by atoms with Crippen molar-refractivity contribution in [2.24, 2.45) is 0 Å². The van der Waals surface area contributed by atoms with Gasteiger partial charge in [-0.1, -0.05) is 145 Å². The molecule has 0 heteroatoms. The van der Waals surface area contributed by atoms with Crippen LogP contribution in [0.1, 0.15) is 120 Å². The SMILES string of the molecule is CCCCCCCCCCCCc1ccccc1.c1ccc(C2CCCCC2)cc1. The highest BCUT2D eigenvalue weighted by molar-refractivity contribution is 5.19. The Balaban J connectivity index is 0.000000230. The molecule has 0 atom stereocenters. The molecule has 0 bridgehead atoms. The molecule has 0 aromatic heterocycles. The molecule has 0 saturated heterocycles. The van der Waals surface area contributed by atoms with Crippen molar-refractivity contribution in [2.75, 3.05) is 0 Å². The summed E-state index contributed by atoms with van der Waals surface area (Å²) in [6.07, 6.45) is 22.6. The Morgan fingerprint density at radius 3 is 1.63 bits per heavy atom. The van der Waals surface area contributed by atoms with Gasteiger partial charge < -0.3 is 0 Å². The molecule has 3 rings (SSSR count). The molecule has 0 amide bonds. The summed E-state index contributed by atoms with van der Waals surface area (Å²) < 4.78 is 0. The topological polar surface area (TPSA) is 0 Å². The second-order valence-corrected chi connectivity index (χ2v) is 9.16. The highest BCUT2D eigenvalue weighted by Crippen LogP contribution is 2.32. The van der Waals surface area contributed by atoms with Crippen LogP contribution in [0.3, 0.4) is 0 Å². The zero-order valence-corrected chi connectivity index (χ0v) is 19.7. The summed E-state index contributed by atoms with van der Waals surface area (Å²) in [6, 6.07) is 21.8. The molecule has 0 N–H and O–H groups in total. The van der Waals surface area contributed by atoms with Crippen molar-refractivity contribution >= 4 is 0 Å². The summed E-state index contributed by atoms with van der Waals surface area (Å²) in [7, 11) is 0. The molecule has 1 fully saturated rings. The van der Waals surface area contributed by atoms with E-state index in [1.807, 2.05) is 0 Å². The van der Waals surface area contributed by atoms with Crippen LogP contribution in [0.5, 0.6) is 0 Å². The van der Waals surface area contributed by atoms with Gasteiger partial charge in [0.2, 0.25) is 0 Å². The zero-order chi connectivity index (χ0) is 21.1. The Bertz CT molecular complexity index is 594. The Kier molecular flexibility index (Phi) is 14.1. The summed E-state index contributed by atoms with van der Waals surface area (Å²) in [5.74, 6) is 0.861. The van der Waals surface area contributed by atoms with Gasteiger partial charge in [0.15, 0.2) is 0 Å². The summed E-state index contributed by atoms with van der Waals surface area (Å²) in [6.45, 7) is 2.28. The van der Waals surface area contributed by atoms with Crippen molar-refractivity contribution in [3.05, 3.63) is 71.8 Å². The molecule has 2 aromatic rings. The number of unbranched alkanes of at least 4 members (excludes halogenated alkanes) is 9. The van der Waals surface area contributed by atoms with Crippen LogP contribution in [0, 0.1) is 0 Å². The van der Waals surface area contributed by atoms with Gasteiger partial charge in [0.25, 0.3) is 0 Å². The molecular formula is C30H46. The molecule has 0 radical (unpaired) electrons. The van der Waals surface area contributed by atoms with Crippen LogP contribution in [0.15, 0.2) is 60.7 Å². The number of hydrogen-bond donors (Lipinski definition) is 0. The van der Waals surface area contributed by atoms with Gasteiger partial charge in [0.1, 0.15) is 0 Å². The molecule has 0 spiro atoms. The van der Waals surface area contributed by atoms with E-state index in [0.29, 0.717) is 0 Å². The maximum absolute atomic E-state index is 2.28. The molecule has 0 heterocycles. The quantitative estimate of drug-likeness (QED) is 0.308. The van der Waals surface area contributed by atoms with Crippen molar-refractivity contribution in [3.8, 4) is 0 Å². The van der Waals surface area contributed by atoms with E-state index in [1.54, 1.807) is 5.56 Å². The lowest BCUT2D eigenvalue weighted by Crippen LogP contribution is -2.03. The monoisotopic (exact) mass is 406 g/mol. The van der Waals surface area contributed by atoms with E-state index in [1.165, 1.54) is 108 Å². The van der Waals surface area contributed by atoms with Gasteiger partial charge in [0.05, 0.1) is 0 Å². The van der Waals surface area contributed by atoms with Gasteiger partial charge in [0, 0.05) is 0 Å². The molecule has 30 heavy (non-hydrogen) atoms. The Morgan fingerprint density at radius 1 is 0.567 bits per heavy atom. The van der Waals surface area contributed by atoms with E-state index in [2.05, 4.69) is 67.6 Å². The number of rotatable bonds is 12. The molecule has 2 aromatic carbocycles. The lowest BCUT2D eigenvalue weighted by atomic mass is 9.84. The first-order valence-electron chi connectivity index (χ1n) is 13.0. The smallest absolute Gasteiger partial charge is 0.0162 e.